The Morgan fingerprint density at radius 1 is 1.07 bits per heavy atom. The third-order valence-corrected chi connectivity index (χ3v) is 4.85. The van der Waals surface area contributed by atoms with E-state index in [0.29, 0.717) is 19.6 Å². The molecule has 2 aromatic carbocycles. The zero-order chi connectivity index (χ0) is 20.4. The average Bonchev–Trinajstić information content (AvgIpc) is 2.72. The third-order valence-electron chi connectivity index (χ3n) is 4.85. The predicted molar refractivity (Wildman–Crippen MR) is 113 cm³/mol. The Morgan fingerprint density at radius 3 is 2.54 bits per heavy atom. The van der Waals surface area contributed by atoms with Gasteiger partial charge in [-0.25, -0.2) is 0 Å². The molecule has 1 amide bonds. The van der Waals surface area contributed by atoms with Gasteiger partial charge in [-0.1, -0.05) is 44.2 Å². The fraction of sp³-hybridized carbons (Fsp3) is 0.435. The summed E-state index contributed by atoms with van der Waals surface area (Å²) in [5, 5.41) is 2.99. The highest BCUT2D eigenvalue weighted by atomic mass is 16.5. The highest BCUT2D eigenvalue weighted by Crippen LogP contribution is 2.20. The lowest BCUT2D eigenvalue weighted by Gasteiger charge is -2.19. The average molecular weight is 385 g/mol. The molecular weight excluding hydrogens is 352 g/mol. The second-order valence-electron chi connectivity index (χ2n) is 6.74. The highest BCUT2D eigenvalue weighted by Gasteiger charge is 2.09. The predicted octanol–water partition coefficient (Wildman–Crippen LogP) is 3.58. The molecule has 2 aromatic rings. The molecule has 0 aliphatic heterocycles. The van der Waals surface area contributed by atoms with Crippen LogP contribution in [0.25, 0.3) is 0 Å². The van der Waals surface area contributed by atoms with Crippen LogP contribution in [0, 0.1) is 6.92 Å². The molecule has 0 atom stereocenters. The Labute approximate surface area is 168 Å². The van der Waals surface area contributed by atoms with Gasteiger partial charge in [0.1, 0.15) is 18.1 Å². The van der Waals surface area contributed by atoms with Crippen molar-refractivity contribution in [2.45, 2.75) is 33.7 Å². The molecule has 0 saturated heterocycles. The number of hydrogen-bond acceptors (Lipinski definition) is 4. The van der Waals surface area contributed by atoms with E-state index in [1.165, 1.54) is 0 Å². The van der Waals surface area contributed by atoms with Crippen LogP contribution in [0.2, 0.25) is 0 Å². The summed E-state index contributed by atoms with van der Waals surface area (Å²) < 4.78 is 11.3. The third kappa shape index (κ3) is 6.57. The first-order chi connectivity index (χ1) is 13.6. The summed E-state index contributed by atoms with van der Waals surface area (Å²) >= 11 is 0. The topological polar surface area (TPSA) is 50.8 Å². The largest absolute Gasteiger partial charge is 0.496 e. The van der Waals surface area contributed by atoms with Crippen LogP contribution >= 0.6 is 0 Å². The molecule has 5 heteroatoms. The van der Waals surface area contributed by atoms with Gasteiger partial charge in [0.25, 0.3) is 0 Å². The zero-order valence-corrected chi connectivity index (χ0v) is 17.5. The van der Waals surface area contributed by atoms with Gasteiger partial charge >= 0.3 is 0 Å². The van der Waals surface area contributed by atoms with Crippen molar-refractivity contribution in [2.75, 3.05) is 33.4 Å². The van der Waals surface area contributed by atoms with Gasteiger partial charge in [-0.15, -0.1) is 0 Å². The van der Waals surface area contributed by atoms with Crippen molar-refractivity contribution in [1.82, 2.24) is 10.2 Å². The monoisotopic (exact) mass is 384 g/mol. The first-order valence-corrected chi connectivity index (χ1v) is 9.90. The number of amides is 1. The maximum absolute atomic E-state index is 12.4. The number of likely N-dealkylation sites (N-methyl/N-ethyl adjacent to an activating group) is 1. The van der Waals surface area contributed by atoms with Crippen molar-refractivity contribution in [3.8, 4) is 11.5 Å². The van der Waals surface area contributed by atoms with Crippen molar-refractivity contribution < 1.29 is 14.3 Å². The van der Waals surface area contributed by atoms with Gasteiger partial charge in [0.2, 0.25) is 5.91 Å². The number of nitrogens with zero attached hydrogens (tertiary/aromatic N) is 1. The van der Waals surface area contributed by atoms with E-state index in [9.17, 15) is 4.79 Å². The highest BCUT2D eigenvalue weighted by molar-refractivity contribution is 5.78. The number of carbonyl (C=O) groups excluding carboxylic acids is 1. The summed E-state index contributed by atoms with van der Waals surface area (Å²) in [6, 6.07) is 13.7. The number of rotatable bonds is 11. The van der Waals surface area contributed by atoms with Crippen LogP contribution in [-0.4, -0.2) is 44.2 Å². The molecular formula is C23H32N2O3. The SMILES string of the molecule is CCN(CC)CCOc1ccccc1CNC(=O)Cc1ccc(C)c(OC)c1. The van der Waals surface area contributed by atoms with Crippen molar-refractivity contribution in [2.24, 2.45) is 0 Å². The van der Waals surface area contributed by atoms with Gasteiger partial charge in [-0.05, 0) is 43.3 Å². The number of carbonyl (C=O) groups is 1. The van der Waals surface area contributed by atoms with Crippen LogP contribution < -0.4 is 14.8 Å². The number of methoxy groups -OCH3 is 1. The summed E-state index contributed by atoms with van der Waals surface area (Å²) in [6.45, 7) is 10.3. The van der Waals surface area contributed by atoms with Crippen molar-refractivity contribution in [3.05, 3.63) is 59.2 Å². The molecule has 5 nitrogen and oxygen atoms in total. The summed E-state index contributed by atoms with van der Waals surface area (Å²) in [7, 11) is 1.64. The van der Waals surface area contributed by atoms with Crippen LogP contribution in [-0.2, 0) is 17.8 Å². The maximum Gasteiger partial charge on any atom is 0.224 e. The van der Waals surface area contributed by atoms with Crippen molar-refractivity contribution >= 4 is 5.91 Å². The standard InChI is InChI=1S/C23H32N2O3/c1-5-25(6-2)13-14-28-21-10-8-7-9-20(21)17-24-23(26)16-19-12-11-18(3)22(15-19)27-4/h7-12,15H,5-6,13-14,16-17H2,1-4H3,(H,24,26). The van der Waals surface area contributed by atoms with E-state index in [-0.39, 0.29) is 5.91 Å². The number of hydrogen-bond donors (Lipinski definition) is 1. The molecule has 0 aliphatic carbocycles. The molecule has 0 unspecified atom stereocenters. The molecule has 0 aliphatic rings. The molecule has 28 heavy (non-hydrogen) atoms. The van der Waals surface area contributed by atoms with Crippen molar-refractivity contribution in [3.63, 3.8) is 0 Å². The van der Waals surface area contributed by atoms with E-state index >= 15 is 0 Å². The molecule has 1 N–H and O–H groups in total. The van der Waals surface area contributed by atoms with Gasteiger partial charge in [-0.3, -0.25) is 4.79 Å². The lowest BCUT2D eigenvalue weighted by molar-refractivity contribution is -0.120. The van der Waals surface area contributed by atoms with Crippen LogP contribution in [0.5, 0.6) is 11.5 Å². The molecule has 152 valence electrons. The summed E-state index contributed by atoms with van der Waals surface area (Å²) in [5.41, 5.74) is 2.98. The Kier molecular flexibility index (Phi) is 8.82. The molecule has 0 heterocycles. The molecule has 0 radical (unpaired) electrons. The molecule has 0 bridgehead atoms. The summed E-state index contributed by atoms with van der Waals surface area (Å²) in [5.74, 6) is 1.60. The summed E-state index contributed by atoms with van der Waals surface area (Å²) in [4.78, 5) is 14.7. The smallest absolute Gasteiger partial charge is 0.224 e. The second kappa shape index (κ2) is 11.3. The van der Waals surface area contributed by atoms with Gasteiger partial charge < -0.3 is 19.7 Å². The minimum Gasteiger partial charge on any atom is -0.496 e. The van der Waals surface area contributed by atoms with Crippen LogP contribution in [0.3, 0.4) is 0 Å². The summed E-state index contributed by atoms with van der Waals surface area (Å²) in [6.07, 6.45) is 0.321. The zero-order valence-electron chi connectivity index (χ0n) is 17.5. The van der Waals surface area contributed by atoms with E-state index in [2.05, 4.69) is 24.1 Å². The van der Waals surface area contributed by atoms with E-state index in [4.69, 9.17) is 9.47 Å². The molecule has 2 rings (SSSR count). The Bertz CT molecular complexity index is 757. The normalized spacial score (nSPS) is 10.8. The van der Waals surface area contributed by atoms with E-state index in [1.54, 1.807) is 7.11 Å². The van der Waals surface area contributed by atoms with Crippen molar-refractivity contribution in [1.29, 1.82) is 0 Å². The number of para-hydroxylation sites is 1. The molecule has 0 aromatic heterocycles. The van der Waals surface area contributed by atoms with Gasteiger partial charge in [-0.2, -0.15) is 0 Å². The Hall–Kier alpha value is -2.53. The number of nitrogens with one attached hydrogen (secondary N) is 1. The van der Waals surface area contributed by atoms with Gasteiger partial charge in [0, 0.05) is 18.7 Å². The lowest BCUT2D eigenvalue weighted by atomic mass is 10.1. The van der Waals surface area contributed by atoms with Gasteiger partial charge in [0.05, 0.1) is 13.5 Å². The Morgan fingerprint density at radius 2 is 1.82 bits per heavy atom. The fourth-order valence-corrected chi connectivity index (χ4v) is 3.03. The first kappa shape index (κ1) is 21.8. The van der Waals surface area contributed by atoms with E-state index < -0.39 is 0 Å². The molecule has 0 saturated carbocycles. The minimum absolute atomic E-state index is 0.0242. The lowest BCUT2D eigenvalue weighted by Crippen LogP contribution is -2.28. The van der Waals surface area contributed by atoms with Crippen LogP contribution in [0.15, 0.2) is 42.5 Å². The fourth-order valence-electron chi connectivity index (χ4n) is 3.03. The van der Waals surface area contributed by atoms with Crippen LogP contribution in [0.1, 0.15) is 30.5 Å². The first-order valence-electron chi connectivity index (χ1n) is 9.90. The number of aryl methyl sites for hydroxylation is 1. The quantitative estimate of drug-likeness (QED) is 0.643. The van der Waals surface area contributed by atoms with Gasteiger partial charge in [0.15, 0.2) is 0 Å². The molecule has 0 fully saturated rings. The Balaban J connectivity index is 1.89. The number of ether oxygens (including phenoxy) is 2. The van der Waals surface area contributed by atoms with E-state index in [1.807, 2.05) is 49.4 Å². The van der Waals surface area contributed by atoms with Crippen LogP contribution in [0.4, 0.5) is 0 Å². The molecule has 0 spiro atoms. The number of benzene rings is 2. The second-order valence-corrected chi connectivity index (χ2v) is 6.74. The van der Waals surface area contributed by atoms with E-state index in [0.717, 1.165) is 47.8 Å². The minimum atomic E-state index is -0.0242. The maximum atomic E-state index is 12.4.